The van der Waals surface area contributed by atoms with Crippen molar-refractivity contribution in [2.45, 2.75) is 57.2 Å². The van der Waals surface area contributed by atoms with Crippen molar-refractivity contribution in [3.8, 4) is 0 Å². The molecule has 3 aromatic carbocycles. The Balaban J connectivity index is 0.000000229. The normalized spacial score (nSPS) is 22.6. The van der Waals surface area contributed by atoms with Gasteiger partial charge in [-0.1, -0.05) is 42.5 Å². The van der Waals surface area contributed by atoms with Crippen molar-refractivity contribution in [3.05, 3.63) is 106 Å². The third-order valence-corrected chi connectivity index (χ3v) is 9.65. The fourth-order valence-electron chi connectivity index (χ4n) is 6.20. The van der Waals surface area contributed by atoms with E-state index in [4.69, 9.17) is 4.74 Å². The Hall–Kier alpha value is -4.73. The van der Waals surface area contributed by atoms with E-state index in [0.29, 0.717) is 66.7 Å². The van der Waals surface area contributed by atoms with Gasteiger partial charge in [0.2, 0.25) is 0 Å². The molecule has 274 valence electrons. The molecule has 7 rings (SSSR count). The Morgan fingerprint density at radius 2 is 1.73 bits per heavy atom. The summed E-state index contributed by atoms with van der Waals surface area (Å²) in [5, 5.41) is 24.7. The molecule has 10 nitrogen and oxygen atoms in total. The molecule has 0 saturated carbocycles. The van der Waals surface area contributed by atoms with Crippen LogP contribution in [-0.2, 0) is 24.1 Å². The van der Waals surface area contributed by atoms with Gasteiger partial charge in [0, 0.05) is 31.2 Å². The van der Waals surface area contributed by atoms with Crippen LogP contribution in [-0.4, -0.2) is 84.3 Å². The van der Waals surface area contributed by atoms with E-state index in [1.807, 2.05) is 47.4 Å². The van der Waals surface area contributed by atoms with E-state index in [0.717, 1.165) is 35.0 Å². The number of nitrogens with zero attached hydrogens (tertiary/aromatic N) is 5. The average Bonchev–Trinajstić information content (AvgIpc) is 3.85. The van der Waals surface area contributed by atoms with Crippen LogP contribution in [0.2, 0.25) is 0 Å². The van der Waals surface area contributed by atoms with E-state index in [-0.39, 0.29) is 30.0 Å². The molecule has 2 fully saturated rings. The number of halogens is 4. The van der Waals surface area contributed by atoms with Crippen molar-refractivity contribution in [2.24, 2.45) is 4.99 Å². The molecule has 4 heterocycles. The summed E-state index contributed by atoms with van der Waals surface area (Å²) in [6.07, 6.45) is -0.407. The second-order valence-electron chi connectivity index (χ2n) is 13.6. The number of aliphatic hydroxyl groups is 2. The molecule has 0 spiro atoms. The van der Waals surface area contributed by atoms with E-state index in [1.54, 1.807) is 37.1 Å². The number of β-amino-alcohol motifs (C(OH)–C–C–N with tert-alkyl or cyclic N) is 2. The number of alkyl halides is 3. The molecular weight excluding hydrogens is 702 g/mol. The molecule has 2 amide bonds. The van der Waals surface area contributed by atoms with Gasteiger partial charge in [-0.15, -0.1) is 0 Å². The van der Waals surface area contributed by atoms with Crippen LogP contribution < -0.4 is 0 Å². The van der Waals surface area contributed by atoms with Gasteiger partial charge >= 0.3 is 17.5 Å². The van der Waals surface area contributed by atoms with E-state index in [2.05, 4.69) is 10.1 Å². The number of aliphatic imine (C=N–C) groups is 1. The van der Waals surface area contributed by atoms with Gasteiger partial charge in [-0.05, 0) is 85.5 Å². The molecule has 0 bridgehead atoms. The molecule has 1 aromatic heterocycles. The summed E-state index contributed by atoms with van der Waals surface area (Å²) in [6.45, 7) is 5.46. The number of carbonyl (C=O) groups excluding carboxylic acids is 2. The monoisotopic (exact) mass is 739 g/mol. The second kappa shape index (κ2) is 14.7. The minimum Gasteiger partial charge on any atom is -0.445 e. The zero-order valence-corrected chi connectivity index (χ0v) is 29.3. The van der Waals surface area contributed by atoms with Crippen LogP contribution in [0, 0.1) is 5.82 Å². The summed E-state index contributed by atoms with van der Waals surface area (Å²) >= 11 is 1.01. The van der Waals surface area contributed by atoms with Crippen LogP contribution in [0.3, 0.4) is 0 Å². The highest BCUT2D eigenvalue weighted by Crippen LogP contribution is 2.35. The molecular formula is C37H37F4N5O5S. The lowest BCUT2D eigenvalue weighted by atomic mass is 10.1. The number of amides is 2. The molecule has 52 heavy (non-hydrogen) atoms. The highest BCUT2D eigenvalue weighted by atomic mass is 32.2. The van der Waals surface area contributed by atoms with Crippen molar-refractivity contribution in [1.82, 2.24) is 19.6 Å². The van der Waals surface area contributed by atoms with Gasteiger partial charge in [0.25, 0.3) is 0 Å². The van der Waals surface area contributed by atoms with Crippen molar-refractivity contribution in [1.29, 1.82) is 0 Å². The van der Waals surface area contributed by atoms with E-state index in [9.17, 15) is 37.4 Å². The van der Waals surface area contributed by atoms with E-state index < -0.39 is 28.8 Å². The van der Waals surface area contributed by atoms with Crippen molar-refractivity contribution >= 4 is 45.9 Å². The van der Waals surface area contributed by atoms with Gasteiger partial charge in [0.15, 0.2) is 0 Å². The van der Waals surface area contributed by atoms with Crippen LogP contribution in [0.5, 0.6) is 0 Å². The number of thioether (sulfide) groups is 1. The first-order valence-electron chi connectivity index (χ1n) is 16.5. The molecule has 2 saturated heterocycles. The number of amidine groups is 1. The molecule has 0 radical (unpaired) electrons. The van der Waals surface area contributed by atoms with Gasteiger partial charge in [-0.2, -0.15) is 23.3 Å². The molecule has 4 aromatic rings. The van der Waals surface area contributed by atoms with Gasteiger partial charge in [0.1, 0.15) is 18.3 Å². The molecule has 3 aliphatic rings. The highest BCUT2D eigenvalue weighted by molar-refractivity contribution is 8.18. The standard InChI is InChI=1S/C24H20F4N4O2S.C13H17NO3/c1-23(34)6-7-31(13-23)21-20(35-22(33)29-21)9-14-2-5-19-16(8-14)12-32(30-19)11-15-3-4-17(25)10-18(15)24(26,27)28;1-13(16)7-8-14(10-13)12(15)17-9-11-5-3-2-4-6-11/h2-5,8-10,12,34H,6-7,11,13H2,1H3;2-6,16H,7-10H2,1H3/b20-9-;. The van der Waals surface area contributed by atoms with Gasteiger partial charge in [-0.25, -0.2) is 9.18 Å². The zero-order chi connectivity index (χ0) is 37.3. The number of ether oxygens (including phenoxy) is 1. The highest BCUT2D eigenvalue weighted by Gasteiger charge is 2.37. The number of fused-ring (bicyclic) bond motifs is 1. The number of hydrogen-bond donors (Lipinski definition) is 2. The maximum Gasteiger partial charge on any atom is 0.416 e. The number of carbonyl (C=O) groups is 2. The van der Waals surface area contributed by atoms with Gasteiger partial charge in [-0.3, -0.25) is 9.48 Å². The molecule has 2 atom stereocenters. The number of hydrogen-bond acceptors (Lipinski definition) is 8. The van der Waals surface area contributed by atoms with Crippen molar-refractivity contribution in [3.63, 3.8) is 0 Å². The average molecular weight is 740 g/mol. The summed E-state index contributed by atoms with van der Waals surface area (Å²) in [6, 6.07) is 17.5. The summed E-state index contributed by atoms with van der Waals surface area (Å²) in [4.78, 5) is 31.9. The SMILES string of the molecule is CC1(O)CCN(C(=O)OCc2ccccc2)C1.CC1(O)CCN(C2=NC(=O)S/C2=C\c2ccc3nn(Cc4ccc(F)cc4C(F)(F)F)cc3c2)C1. The topological polar surface area (TPSA) is 120 Å². The summed E-state index contributed by atoms with van der Waals surface area (Å²) in [5.41, 5.74) is -0.407. The predicted octanol–water partition coefficient (Wildman–Crippen LogP) is 7.09. The molecule has 15 heteroatoms. The Labute approximate surface area is 301 Å². The first kappa shape index (κ1) is 37.0. The lowest BCUT2D eigenvalue weighted by molar-refractivity contribution is -0.138. The molecule has 2 unspecified atom stereocenters. The number of aromatic nitrogens is 2. The summed E-state index contributed by atoms with van der Waals surface area (Å²) in [7, 11) is 0. The number of benzene rings is 3. The Morgan fingerprint density at radius 1 is 1.00 bits per heavy atom. The van der Waals surface area contributed by atoms with Crippen LogP contribution in [0.4, 0.5) is 27.2 Å². The van der Waals surface area contributed by atoms with E-state index in [1.165, 1.54) is 4.68 Å². The summed E-state index contributed by atoms with van der Waals surface area (Å²) < 4.78 is 60.0. The third kappa shape index (κ3) is 9.19. The third-order valence-electron chi connectivity index (χ3n) is 8.86. The molecule has 2 N–H and O–H groups in total. The van der Waals surface area contributed by atoms with Crippen LogP contribution in [0.15, 0.2) is 82.8 Å². The lowest BCUT2D eigenvalue weighted by Crippen LogP contribution is -2.34. The first-order chi connectivity index (χ1) is 24.5. The van der Waals surface area contributed by atoms with Crippen LogP contribution >= 0.6 is 11.8 Å². The Morgan fingerprint density at radius 3 is 2.40 bits per heavy atom. The Bertz CT molecular complexity index is 2030. The smallest absolute Gasteiger partial charge is 0.416 e. The van der Waals surface area contributed by atoms with Crippen LogP contribution in [0.1, 0.15) is 48.9 Å². The lowest BCUT2D eigenvalue weighted by Gasteiger charge is -2.20. The van der Waals surface area contributed by atoms with Crippen molar-refractivity contribution < 1.29 is 42.1 Å². The fraction of sp³-hybridized carbons (Fsp3) is 0.351. The van der Waals surface area contributed by atoms with E-state index >= 15 is 0 Å². The maximum absolute atomic E-state index is 13.4. The largest absolute Gasteiger partial charge is 0.445 e. The second-order valence-corrected chi connectivity index (χ2v) is 14.6. The van der Waals surface area contributed by atoms with Gasteiger partial charge < -0.3 is 24.7 Å². The minimum absolute atomic E-state index is 0.0859. The summed E-state index contributed by atoms with van der Waals surface area (Å²) in [5.74, 6) is -0.419. The Kier molecular flexibility index (Phi) is 10.5. The van der Waals surface area contributed by atoms with Crippen molar-refractivity contribution in [2.75, 3.05) is 26.2 Å². The quantitative estimate of drug-likeness (QED) is 0.209. The number of rotatable bonds is 5. The molecule has 3 aliphatic heterocycles. The minimum atomic E-state index is -4.68. The van der Waals surface area contributed by atoms with Crippen LogP contribution in [0.25, 0.3) is 17.0 Å². The first-order valence-corrected chi connectivity index (χ1v) is 17.4. The van der Waals surface area contributed by atoms with Gasteiger partial charge in [0.05, 0.1) is 40.3 Å². The molecule has 0 aliphatic carbocycles. The predicted molar refractivity (Wildman–Crippen MR) is 189 cm³/mol. The maximum atomic E-state index is 13.4. The number of likely N-dealkylation sites (tertiary alicyclic amines) is 2. The zero-order valence-electron chi connectivity index (χ0n) is 28.4. The fourth-order valence-corrected chi connectivity index (χ4v) is 6.99.